The fourth-order valence-electron chi connectivity index (χ4n) is 2.94. The first kappa shape index (κ1) is 25.0. The summed E-state index contributed by atoms with van der Waals surface area (Å²) in [6.07, 6.45) is -6.14. The van der Waals surface area contributed by atoms with Crippen molar-refractivity contribution in [1.82, 2.24) is 9.66 Å². The Hall–Kier alpha value is -3.64. The van der Waals surface area contributed by atoms with Crippen LogP contribution >= 0.6 is 15.9 Å². The summed E-state index contributed by atoms with van der Waals surface area (Å²) >= 11 is 2.88. The van der Waals surface area contributed by atoms with E-state index in [2.05, 4.69) is 25.7 Å². The van der Waals surface area contributed by atoms with Crippen LogP contribution in [0.1, 0.15) is 12.5 Å². The number of carbonyl (C=O) groups is 1. The van der Waals surface area contributed by atoms with E-state index in [0.29, 0.717) is 10.7 Å². The average Bonchev–Trinajstić information content (AvgIpc) is 2.75. The summed E-state index contributed by atoms with van der Waals surface area (Å²) in [7, 11) is -4.03. The fourth-order valence-corrected chi connectivity index (χ4v) is 4.40. The molecule has 178 valence electrons. The molecule has 2 aromatic carbocycles. The predicted molar refractivity (Wildman–Crippen MR) is 115 cm³/mol. The van der Waals surface area contributed by atoms with Crippen LogP contribution in [0, 0.1) is 11.3 Å². The van der Waals surface area contributed by atoms with Crippen molar-refractivity contribution in [1.29, 1.82) is 5.26 Å². The van der Waals surface area contributed by atoms with E-state index in [4.69, 9.17) is 0 Å². The normalized spacial score (nSPS) is 11.8. The summed E-state index contributed by atoms with van der Waals surface area (Å²) in [6, 6.07) is 6.66. The maximum Gasteiger partial charge on any atom is 0.573 e. The van der Waals surface area contributed by atoms with Gasteiger partial charge in [-0.3, -0.25) is 4.79 Å². The van der Waals surface area contributed by atoms with Crippen molar-refractivity contribution in [2.24, 2.45) is 0 Å². The Kier molecular flexibility index (Phi) is 6.58. The molecule has 0 aliphatic carbocycles. The summed E-state index contributed by atoms with van der Waals surface area (Å²) in [5.41, 5.74) is -1.89. The van der Waals surface area contributed by atoms with E-state index >= 15 is 0 Å². The highest BCUT2D eigenvalue weighted by Gasteiger charge is 2.33. The van der Waals surface area contributed by atoms with Crippen molar-refractivity contribution < 1.29 is 36.2 Å². The zero-order chi connectivity index (χ0) is 25.4. The van der Waals surface area contributed by atoms with Gasteiger partial charge in [0.1, 0.15) is 12.1 Å². The standard InChI is InChI=1S/C19H12BrF3N4O6S/c1-2-34(31,32)16-4-3-10(8-24)5-14(16)27(18(29)30)26-9-25-13-7-12(20)15(33-19(21,22)23)6-11(13)17(26)28/h3-7,9H,2H2,1H3,(H,29,30). The van der Waals surface area contributed by atoms with Crippen molar-refractivity contribution >= 4 is 48.5 Å². The van der Waals surface area contributed by atoms with Gasteiger partial charge in [0, 0.05) is 0 Å². The van der Waals surface area contributed by atoms with Crippen LogP contribution in [0.2, 0.25) is 0 Å². The monoisotopic (exact) mass is 560 g/mol. The highest BCUT2D eigenvalue weighted by atomic mass is 79.9. The third-order valence-electron chi connectivity index (χ3n) is 4.45. The zero-order valence-electron chi connectivity index (χ0n) is 16.9. The van der Waals surface area contributed by atoms with Gasteiger partial charge < -0.3 is 9.84 Å². The SMILES string of the molecule is CCS(=O)(=O)c1ccc(C#N)cc1N(C(=O)O)n1cnc2cc(Br)c(OC(F)(F)F)cc2c1=O. The maximum absolute atomic E-state index is 13.1. The third-order valence-corrected chi connectivity index (χ3v) is 6.84. The number of benzene rings is 2. The van der Waals surface area contributed by atoms with Gasteiger partial charge in [0.25, 0.3) is 5.56 Å². The second-order valence-electron chi connectivity index (χ2n) is 6.53. The largest absolute Gasteiger partial charge is 0.573 e. The van der Waals surface area contributed by atoms with Crippen molar-refractivity contribution in [3.63, 3.8) is 0 Å². The number of carboxylic acid groups (broad SMARTS) is 1. The Morgan fingerprint density at radius 2 is 2.00 bits per heavy atom. The molecule has 0 atom stereocenters. The summed E-state index contributed by atoms with van der Waals surface area (Å²) in [6.45, 7) is 1.31. The molecule has 0 aliphatic rings. The Morgan fingerprint density at radius 3 is 2.56 bits per heavy atom. The number of aromatic nitrogens is 2. The van der Waals surface area contributed by atoms with Gasteiger partial charge in [-0.15, -0.1) is 13.2 Å². The van der Waals surface area contributed by atoms with E-state index in [1.165, 1.54) is 6.92 Å². The Labute approximate surface area is 197 Å². The van der Waals surface area contributed by atoms with Crippen LogP contribution in [-0.2, 0) is 9.84 Å². The van der Waals surface area contributed by atoms with Crippen LogP contribution in [-0.4, -0.2) is 41.4 Å². The fraction of sp³-hybridized carbons (Fsp3) is 0.158. The van der Waals surface area contributed by atoms with Gasteiger partial charge in [-0.25, -0.2) is 18.2 Å². The summed E-state index contributed by atoms with van der Waals surface area (Å²) in [4.78, 5) is 28.7. The highest BCUT2D eigenvalue weighted by molar-refractivity contribution is 9.10. The summed E-state index contributed by atoms with van der Waals surface area (Å²) in [5.74, 6) is -1.20. The molecule has 0 aliphatic heterocycles. The van der Waals surface area contributed by atoms with Gasteiger partial charge in [-0.1, -0.05) is 6.92 Å². The number of hydrogen-bond acceptors (Lipinski definition) is 7. The molecule has 0 saturated carbocycles. The Morgan fingerprint density at radius 1 is 1.32 bits per heavy atom. The lowest BCUT2D eigenvalue weighted by atomic mass is 10.2. The first-order valence-corrected chi connectivity index (χ1v) is 11.5. The second kappa shape index (κ2) is 8.95. The number of hydrogen-bond donors (Lipinski definition) is 1. The molecule has 34 heavy (non-hydrogen) atoms. The third kappa shape index (κ3) is 4.82. The molecule has 3 aromatic rings. The summed E-state index contributed by atoms with van der Waals surface area (Å²) in [5, 5.41) is 18.8. The lowest BCUT2D eigenvalue weighted by Gasteiger charge is -2.23. The van der Waals surface area contributed by atoms with Crippen molar-refractivity contribution in [3.05, 3.63) is 57.0 Å². The lowest BCUT2D eigenvalue weighted by molar-refractivity contribution is -0.274. The van der Waals surface area contributed by atoms with Crippen LogP contribution in [0.5, 0.6) is 5.75 Å². The number of alkyl halides is 3. The van der Waals surface area contributed by atoms with Gasteiger partial charge in [0.2, 0.25) is 0 Å². The molecule has 1 N–H and O–H groups in total. The average molecular weight is 561 g/mol. The minimum absolute atomic E-state index is 0.0971. The van der Waals surface area contributed by atoms with Crippen LogP contribution in [0.3, 0.4) is 0 Å². The van der Waals surface area contributed by atoms with Gasteiger partial charge in [0.05, 0.1) is 43.3 Å². The van der Waals surface area contributed by atoms with Gasteiger partial charge in [-0.05, 0) is 46.3 Å². The van der Waals surface area contributed by atoms with Crippen LogP contribution < -0.4 is 15.3 Å². The van der Waals surface area contributed by atoms with E-state index in [1.807, 2.05) is 0 Å². The quantitative estimate of drug-likeness (QED) is 0.497. The topological polar surface area (TPSA) is 143 Å². The van der Waals surface area contributed by atoms with E-state index in [1.54, 1.807) is 6.07 Å². The predicted octanol–water partition coefficient (Wildman–Crippen LogP) is 3.67. The molecule has 10 nitrogen and oxygen atoms in total. The Bertz CT molecular complexity index is 1520. The number of ether oxygens (including phenoxy) is 1. The highest BCUT2D eigenvalue weighted by Crippen LogP contribution is 2.33. The molecule has 0 fully saturated rings. The first-order valence-electron chi connectivity index (χ1n) is 9.06. The van der Waals surface area contributed by atoms with Crippen LogP contribution in [0.15, 0.2) is 50.8 Å². The minimum atomic E-state index is -5.08. The Balaban J connectivity index is 2.34. The number of nitrogens with zero attached hydrogens (tertiary/aromatic N) is 4. The molecule has 15 heteroatoms. The van der Waals surface area contributed by atoms with Gasteiger partial charge >= 0.3 is 12.5 Å². The minimum Gasteiger partial charge on any atom is -0.463 e. The number of rotatable bonds is 5. The molecule has 0 radical (unpaired) electrons. The molecule has 3 rings (SSSR count). The first-order chi connectivity index (χ1) is 15.8. The maximum atomic E-state index is 13.1. The molecule has 0 saturated heterocycles. The molecule has 1 aromatic heterocycles. The smallest absolute Gasteiger partial charge is 0.463 e. The molecule has 1 amide bonds. The molecular weight excluding hydrogens is 549 g/mol. The lowest BCUT2D eigenvalue weighted by Crippen LogP contribution is -2.43. The second-order valence-corrected chi connectivity index (χ2v) is 9.63. The molecule has 0 spiro atoms. The van der Waals surface area contributed by atoms with E-state index < -0.39 is 55.3 Å². The van der Waals surface area contributed by atoms with Gasteiger partial charge in [-0.2, -0.15) is 14.9 Å². The van der Waals surface area contributed by atoms with Crippen molar-refractivity contribution in [2.45, 2.75) is 18.2 Å². The van der Waals surface area contributed by atoms with Crippen molar-refractivity contribution in [3.8, 4) is 11.8 Å². The number of sulfone groups is 1. The van der Waals surface area contributed by atoms with Crippen molar-refractivity contribution in [2.75, 3.05) is 10.8 Å². The van der Waals surface area contributed by atoms with E-state index in [-0.39, 0.29) is 20.6 Å². The molecular formula is C19H12BrF3N4O6S. The summed E-state index contributed by atoms with van der Waals surface area (Å²) < 4.78 is 67.3. The van der Waals surface area contributed by atoms with E-state index in [9.17, 15) is 41.5 Å². The van der Waals surface area contributed by atoms with E-state index in [0.717, 1.165) is 30.6 Å². The van der Waals surface area contributed by atoms with Crippen LogP contribution in [0.25, 0.3) is 10.9 Å². The number of halogens is 4. The number of anilines is 1. The zero-order valence-corrected chi connectivity index (χ0v) is 19.3. The number of nitriles is 1. The molecule has 0 unspecified atom stereocenters. The molecule has 0 bridgehead atoms. The van der Waals surface area contributed by atoms with Gasteiger partial charge in [0.15, 0.2) is 9.84 Å². The number of amides is 1. The number of fused-ring (bicyclic) bond motifs is 1. The van der Waals surface area contributed by atoms with Crippen LogP contribution in [0.4, 0.5) is 23.7 Å². The molecule has 1 heterocycles.